The Bertz CT molecular complexity index is 869. The standard InChI is InChI=1S/C19H19FN4O/c1-3-4-16-18(14-7-10-17(21-11-14)22-12(2)25)24-19(23-16)13-5-8-15(20)9-6-13/h5-11H,3-4H2,1-2H3,(H,23,24)(H,21,22,25). The summed E-state index contributed by atoms with van der Waals surface area (Å²) in [4.78, 5) is 23.4. The van der Waals surface area contributed by atoms with Crippen LogP contribution in [0.15, 0.2) is 42.6 Å². The fourth-order valence-electron chi connectivity index (χ4n) is 2.61. The molecule has 0 spiro atoms. The van der Waals surface area contributed by atoms with Crippen LogP contribution in [0.25, 0.3) is 22.6 Å². The highest BCUT2D eigenvalue weighted by atomic mass is 19.1. The molecule has 0 fully saturated rings. The van der Waals surface area contributed by atoms with Crippen LogP contribution in [-0.4, -0.2) is 20.9 Å². The topological polar surface area (TPSA) is 70.7 Å². The Balaban J connectivity index is 1.96. The first-order valence-corrected chi connectivity index (χ1v) is 8.15. The number of hydrogen-bond acceptors (Lipinski definition) is 3. The summed E-state index contributed by atoms with van der Waals surface area (Å²) in [6.07, 6.45) is 3.50. The van der Waals surface area contributed by atoms with Crippen molar-refractivity contribution in [1.82, 2.24) is 15.0 Å². The van der Waals surface area contributed by atoms with Crippen molar-refractivity contribution in [3.8, 4) is 22.6 Å². The number of nitrogens with one attached hydrogen (secondary N) is 2. The summed E-state index contributed by atoms with van der Waals surface area (Å²) in [5, 5.41) is 2.65. The zero-order valence-corrected chi connectivity index (χ0v) is 14.1. The number of rotatable bonds is 5. The highest BCUT2D eigenvalue weighted by molar-refractivity contribution is 5.87. The quantitative estimate of drug-likeness (QED) is 0.733. The third-order valence-corrected chi connectivity index (χ3v) is 3.74. The average Bonchev–Trinajstić information content (AvgIpc) is 3.00. The summed E-state index contributed by atoms with van der Waals surface area (Å²) in [6.45, 7) is 3.54. The van der Waals surface area contributed by atoms with E-state index in [2.05, 4.69) is 27.2 Å². The highest BCUT2D eigenvalue weighted by Crippen LogP contribution is 2.27. The van der Waals surface area contributed by atoms with E-state index in [1.54, 1.807) is 24.4 Å². The fourth-order valence-corrected chi connectivity index (χ4v) is 2.61. The number of anilines is 1. The van der Waals surface area contributed by atoms with Crippen LogP contribution in [0.2, 0.25) is 0 Å². The van der Waals surface area contributed by atoms with Crippen LogP contribution < -0.4 is 5.32 Å². The Morgan fingerprint density at radius 3 is 2.48 bits per heavy atom. The van der Waals surface area contributed by atoms with E-state index in [9.17, 15) is 9.18 Å². The van der Waals surface area contributed by atoms with Crippen LogP contribution in [0.4, 0.5) is 10.2 Å². The molecule has 0 aliphatic carbocycles. The molecule has 0 aliphatic rings. The highest BCUT2D eigenvalue weighted by Gasteiger charge is 2.13. The van der Waals surface area contributed by atoms with Crippen LogP contribution in [0.5, 0.6) is 0 Å². The van der Waals surface area contributed by atoms with Gasteiger partial charge in [0, 0.05) is 29.9 Å². The minimum Gasteiger partial charge on any atom is -0.341 e. The summed E-state index contributed by atoms with van der Waals surface area (Å²) < 4.78 is 13.1. The van der Waals surface area contributed by atoms with E-state index >= 15 is 0 Å². The number of benzene rings is 1. The number of carbonyl (C=O) groups is 1. The molecule has 6 heteroatoms. The van der Waals surface area contributed by atoms with Crippen LogP contribution in [0, 0.1) is 5.82 Å². The van der Waals surface area contributed by atoms with Crippen molar-refractivity contribution >= 4 is 11.7 Å². The van der Waals surface area contributed by atoms with Crippen molar-refractivity contribution in [2.24, 2.45) is 0 Å². The van der Waals surface area contributed by atoms with Gasteiger partial charge in [-0.25, -0.2) is 14.4 Å². The smallest absolute Gasteiger partial charge is 0.222 e. The molecule has 0 aliphatic heterocycles. The summed E-state index contributed by atoms with van der Waals surface area (Å²) >= 11 is 0. The van der Waals surface area contributed by atoms with Gasteiger partial charge in [-0.1, -0.05) is 13.3 Å². The van der Waals surface area contributed by atoms with Gasteiger partial charge in [0.15, 0.2) is 0 Å². The number of aryl methyl sites for hydroxylation is 1. The van der Waals surface area contributed by atoms with E-state index in [1.165, 1.54) is 19.1 Å². The van der Waals surface area contributed by atoms with Crippen molar-refractivity contribution in [2.75, 3.05) is 5.32 Å². The maximum absolute atomic E-state index is 13.1. The van der Waals surface area contributed by atoms with Gasteiger partial charge >= 0.3 is 0 Å². The number of aromatic amines is 1. The van der Waals surface area contributed by atoms with Gasteiger partial charge in [0.25, 0.3) is 0 Å². The summed E-state index contributed by atoms with van der Waals surface area (Å²) in [5.74, 6) is 0.763. The lowest BCUT2D eigenvalue weighted by molar-refractivity contribution is -0.114. The number of pyridine rings is 1. The van der Waals surface area contributed by atoms with Crippen LogP contribution in [0.3, 0.4) is 0 Å². The first-order chi connectivity index (χ1) is 12.1. The van der Waals surface area contributed by atoms with E-state index in [0.717, 1.165) is 35.4 Å². The Labute approximate surface area is 145 Å². The van der Waals surface area contributed by atoms with Gasteiger partial charge in [0.2, 0.25) is 5.91 Å². The van der Waals surface area contributed by atoms with E-state index < -0.39 is 0 Å². The fraction of sp³-hybridized carbons (Fsp3) is 0.211. The van der Waals surface area contributed by atoms with Crippen LogP contribution in [-0.2, 0) is 11.2 Å². The zero-order valence-electron chi connectivity index (χ0n) is 14.1. The zero-order chi connectivity index (χ0) is 17.8. The van der Waals surface area contributed by atoms with Gasteiger partial charge in [0.05, 0.1) is 5.69 Å². The number of nitrogens with zero attached hydrogens (tertiary/aromatic N) is 2. The molecule has 2 aromatic heterocycles. The second kappa shape index (κ2) is 7.25. The SMILES string of the molecule is CCCc1[nH]c(-c2ccc(F)cc2)nc1-c1ccc(NC(C)=O)nc1. The molecule has 0 radical (unpaired) electrons. The molecule has 1 amide bonds. The van der Waals surface area contributed by atoms with Gasteiger partial charge in [-0.3, -0.25) is 4.79 Å². The number of aromatic nitrogens is 3. The lowest BCUT2D eigenvalue weighted by Crippen LogP contribution is -2.07. The Morgan fingerprint density at radius 2 is 1.88 bits per heavy atom. The largest absolute Gasteiger partial charge is 0.341 e. The van der Waals surface area contributed by atoms with Gasteiger partial charge in [0.1, 0.15) is 17.5 Å². The molecule has 1 aromatic carbocycles. The van der Waals surface area contributed by atoms with E-state index in [-0.39, 0.29) is 11.7 Å². The Hall–Kier alpha value is -3.02. The second-order valence-electron chi connectivity index (χ2n) is 5.78. The molecule has 3 aromatic rings. The monoisotopic (exact) mass is 338 g/mol. The molecule has 3 rings (SSSR count). The van der Waals surface area contributed by atoms with Crippen LogP contribution >= 0.6 is 0 Å². The van der Waals surface area contributed by atoms with Gasteiger partial charge in [-0.15, -0.1) is 0 Å². The third kappa shape index (κ3) is 3.91. The van der Waals surface area contributed by atoms with Crippen molar-refractivity contribution < 1.29 is 9.18 Å². The number of halogens is 1. The predicted molar refractivity (Wildman–Crippen MR) is 95.5 cm³/mol. The van der Waals surface area contributed by atoms with Gasteiger partial charge < -0.3 is 10.3 Å². The summed E-state index contributed by atoms with van der Waals surface area (Å²) in [6, 6.07) is 9.86. The number of amides is 1. The lowest BCUT2D eigenvalue weighted by Gasteiger charge is -2.03. The molecule has 0 bridgehead atoms. The Kier molecular flexibility index (Phi) is 4.88. The molecule has 2 heterocycles. The van der Waals surface area contributed by atoms with Crippen molar-refractivity contribution in [3.63, 3.8) is 0 Å². The predicted octanol–water partition coefficient (Wildman–Crippen LogP) is 4.19. The Morgan fingerprint density at radius 1 is 1.16 bits per heavy atom. The number of imidazole rings is 1. The molecule has 25 heavy (non-hydrogen) atoms. The molecule has 5 nitrogen and oxygen atoms in total. The second-order valence-corrected chi connectivity index (χ2v) is 5.78. The number of hydrogen-bond donors (Lipinski definition) is 2. The average molecular weight is 338 g/mol. The first-order valence-electron chi connectivity index (χ1n) is 8.15. The third-order valence-electron chi connectivity index (χ3n) is 3.74. The molecule has 0 saturated carbocycles. The summed E-state index contributed by atoms with van der Waals surface area (Å²) in [7, 11) is 0. The maximum Gasteiger partial charge on any atom is 0.222 e. The molecule has 128 valence electrons. The van der Waals surface area contributed by atoms with Crippen molar-refractivity contribution in [1.29, 1.82) is 0 Å². The van der Waals surface area contributed by atoms with Gasteiger partial charge in [-0.2, -0.15) is 0 Å². The molecule has 2 N–H and O–H groups in total. The minimum atomic E-state index is -0.276. The number of carbonyl (C=O) groups excluding carboxylic acids is 1. The molecule has 0 atom stereocenters. The minimum absolute atomic E-state index is 0.162. The van der Waals surface area contributed by atoms with Crippen molar-refractivity contribution in [3.05, 3.63) is 54.1 Å². The van der Waals surface area contributed by atoms with E-state index in [0.29, 0.717) is 11.6 Å². The maximum atomic E-state index is 13.1. The molecular weight excluding hydrogens is 319 g/mol. The van der Waals surface area contributed by atoms with Gasteiger partial charge in [-0.05, 0) is 42.8 Å². The van der Waals surface area contributed by atoms with Crippen molar-refractivity contribution in [2.45, 2.75) is 26.7 Å². The number of H-pyrrole nitrogens is 1. The first kappa shape index (κ1) is 16.8. The normalized spacial score (nSPS) is 10.7. The molecule has 0 unspecified atom stereocenters. The van der Waals surface area contributed by atoms with E-state index in [4.69, 9.17) is 0 Å². The lowest BCUT2D eigenvalue weighted by atomic mass is 10.1. The van der Waals surface area contributed by atoms with E-state index in [1.807, 2.05) is 6.07 Å². The molecular formula is C19H19FN4O. The summed E-state index contributed by atoms with van der Waals surface area (Å²) in [5.41, 5.74) is 3.52. The van der Waals surface area contributed by atoms with Crippen LogP contribution in [0.1, 0.15) is 26.0 Å². The molecule has 0 saturated heterocycles.